The Balaban J connectivity index is 0.000000204. The molecule has 0 aromatic heterocycles. The summed E-state index contributed by atoms with van der Waals surface area (Å²) < 4.78 is 0.854. The summed E-state index contributed by atoms with van der Waals surface area (Å²) in [5, 5.41) is 34.4. The summed E-state index contributed by atoms with van der Waals surface area (Å²) in [6.45, 7) is 0. The van der Waals surface area contributed by atoms with E-state index in [1.54, 1.807) is 18.2 Å². The third-order valence-corrected chi connectivity index (χ3v) is 3.05. The highest BCUT2D eigenvalue weighted by Crippen LogP contribution is 2.13. The summed E-state index contributed by atoms with van der Waals surface area (Å²) in [7, 11) is -1.56. The average Bonchev–Trinajstić information content (AvgIpc) is 2.48. The first-order valence-electron chi connectivity index (χ1n) is 5.60. The maximum Gasteiger partial charge on any atom is 0.489 e. The molecule has 0 unspecified atom stereocenters. The third-order valence-electron chi connectivity index (χ3n) is 2.35. The van der Waals surface area contributed by atoms with Crippen molar-refractivity contribution in [3.63, 3.8) is 0 Å². The van der Waals surface area contributed by atoms with Crippen LogP contribution in [0.2, 0.25) is 0 Å². The molecule has 0 bridgehead atoms. The monoisotopic (exact) mass is 328 g/mol. The Morgan fingerprint density at radius 3 is 1.75 bits per heavy atom. The molecule has 98 valence electrons. The fraction of sp³-hybridized carbons (Fsp3) is 0. The first-order chi connectivity index (χ1) is 9.60. The standard InChI is InChI=1S/C7H6BNO2.C7H4BrN/c9-5-6-3-1-2-4-7(6)8(10)11;8-7-4-2-1-3-6(7)5-9/h1-4,10-11H;1-4H. The number of rotatable bonds is 1. The molecule has 0 spiro atoms. The van der Waals surface area contributed by atoms with Crippen LogP contribution in [0.25, 0.3) is 0 Å². The molecule has 0 aliphatic carbocycles. The van der Waals surface area contributed by atoms with Crippen LogP contribution in [0.5, 0.6) is 0 Å². The van der Waals surface area contributed by atoms with Gasteiger partial charge in [0.25, 0.3) is 0 Å². The maximum absolute atomic E-state index is 8.74. The Morgan fingerprint density at radius 2 is 1.35 bits per heavy atom. The Labute approximate surface area is 125 Å². The van der Waals surface area contributed by atoms with Gasteiger partial charge in [-0.1, -0.05) is 30.3 Å². The number of hydrogen-bond acceptors (Lipinski definition) is 4. The number of nitrogens with zero attached hydrogens (tertiary/aromatic N) is 2. The molecule has 0 aliphatic rings. The minimum atomic E-state index is -1.56. The van der Waals surface area contributed by atoms with Crippen molar-refractivity contribution in [2.75, 3.05) is 0 Å². The first kappa shape index (κ1) is 15.9. The van der Waals surface area contributed by atoms with E-state index < -0.39 is 7.12 Å². The molecule has 0 saturated heterocycles. The quantitative estimate of drug-likeness (QED) is 0.777. The molecule has 0 atom stereocenters. The maximum atomic E-state index is 8.74. The highest BCUT2D eigenvalue weighted by Gasteiger charge is 2.14. The smallest absolute Gasteiger partial charge is 0.423 e. The zero-order chi connectivity index (χ0) is 15.0. The Kier molecular flexibility index (Phi) is 6.48. The van der Waals surface area contributed by atoms with E-state index in [4.69, 9.17) is 20.6 Å². The summed E-state index contributed by atoms with van der Waals surface area (Å²) in [6.07, 6.45) is 0. The SMILES string of the molecule is N#Cc1ccccc1B(O)O.N#Cc1ccccc1Br. The lowest BCUT2D eigenvalue weighted by molar-refractivity contribution is 0.425. The second kappa shape index (κ2) is 8.14. The van der Waals surface area contributed by atoms with Gasteiger partial charge in [-0.25, -0.2) is 0 Å². The van der Waals surface area contributed by atoms with Gasteiger partial charge in [-0.15, -0.1) is 0 Å². The van der Waals surface area contributed by atoms with Crippen LogP contribution < -0.4 is 5.46 Å². The number of hydrogen-bond donors (Lipinski definition) is 2. The highest BCUT2D eigenvalue weighted by molar-refractivity contribution is 9.10. The largest absolute Gasteiger partial charge is 0.489 e. The van der Waals surface area contributed by atoms with Gasteiger partial charge in [-0.2, -0.15) is 10.5 Å². The van der Waals surface area contributed by atoms with Crippen molar-refractivity contribution in [2.24, 2.45) is 0 Å². The average molecular weight is 329 g/mol. The molecule has 0 aliphatic heterocycles. The zero-order valence-electron chi connectivity index (χ0n) is 10.4. The molecule has 2 aromatic rings. The van der Waals surface area contributed by atoms with Crippen LogP contribution in [0, 0.1) is 22.7 Å². The van der Waals surface area contributed by atoms with E-state index in [9.17, 15) is 0 Å². The lowest BCUT2D eigenvalue weighted by Gasteiger charge is -1.99. The van der Waals surface area contributed by atoms with E-state index in [-0.39, 0.29) is 5.46 Å². The van der Waals surface area contributed by atoms with E-state index in [1.165, 1.54) is 12.1 Å². The number of benzene rings is 2. The number of nitriles is 2. The van der Waals surface area contributed by atoms with Gasteiger partial charge >= 0.3 is 7.12 Å². The van der Waals surface area contributed by atoms with Crippen LogP contribution in [0.1, 0.15) is 11.1 Å². The molecule has 20 heavy (non-hydrogen) atoms. The van der Waals surface area contributed by atoms with Crippen molar-refractivity contribution < 1.29 is 10.0 Å². The Morgan fingerprint density at radius 1 is 0.850 bits per heavy atom. The molecule has 6 heteroatoms. The van der Waals surface area contributed by atoms with Gasteiger partial charge in [0, 0.05) is 4.47 Å². The second-order valence-corrected chi connectivity index (χ2v) is 4.52. The predicted molar refractivity (Wildman–Crippen MR) is 79.8 cm³/mol. The summed E-state index contributed by atoms with van der Waals surface area (Å²) in [5.74, 6) is 0. The lowest BCUT2D eigenvalue weighted by Crippen LogP contribution is -2.31. The van der Waals surface area contributed by atoms with Crippen LogP contribution in [-0.2, 0) is 0 Å². The van der Waals surface area contributed by atoms with Crippen molar-refractivity contribution in [1.29, 1.82) is 10.5 Å². The van der Waals surface area contributed by atoms with E-state index in [0.29, 0.717) is 11.1 Å². The van der Waals surface area contributed by atoms with Crippen LogP contribution in [0.15, 0.2) is 53.0 Å². The van der Waals surface area contributed by atoms with Crippen molar-refractivity contribution in [2.45, 2.75) is 0 Å². The van der Waals surface area contributed by atoms with Crippen LogP contribution in [-0.4, -0.2) is 17.2 Å². The second-order valence-electron chi connectivity index (χ2n) is 3.66. The number of halogens is 1. The molecule has 2 rings (SSSR count). The summed E-state index contributed by atoms with van der Waals surface area (Å²) in [4.78, 5) is 0. The lowest BCUT2D eigenvalue weighted by atomic mass is 9.77. The summed E-state index contributed by atoms with van der Waals surface area (Å²) in [6, 6.07) is 17.6. The summed E-state index contributed by atoms with van der Waals surface area (Å²) >= 11 is 3.23. The predicted octanol–water partition coefficient (Wildman–Crippen LogP) is 1.56. The molecule has 4 nitrogen and oxygen atoms in total. The molecule has 2 aromatic carbocycles. The molecule has 0 saturated carbocycles. The normalized spacial score (nSPS) is 8.65. The minimum Gasteiger partial charge on any atom is -0.423 e. The fourth-order valence-corrected chi connectivity index (χ4v) is 1.75. The van der Waals surface area contributed by atoms with Crippen LogP contribution in [0.4, 0.5) is 0 Å². The van der Waals surface area contributed by atoms with Gasteiger partial charge < -0.3 is 10.0 Å². The zero-order valence-corrected chi connectivity index (χ0v) is 11.9. The van der Waals surface area contributed by atoms with Gasteiger partial charge in [0.2, 0.25) is 0 Å². The van der Waals surface area contributed by atoms with Crippen molar-refractivity contribution in [1.82, 2.24) is 0 Å². The van der Waals surface area contributed by atoms with E-state index in [2.05, 4.69) is 15.9 Å². The third kappa shape index (κ3) is 4.53. The van der Waals surface area contributed by atoms with Crippen molar-refractivity contribution >= 4 is 28.5 Å². The van der Waals surface area contributed by atoms with E-state index in [0.717, 1.165) is 4.47 Å². The minimum absolute atomic E-state index is 0.245. The Bertz CT molecular complexity index is 663. The molecule has 0 heterocycles. The van der Waals surface area contributed by atoms with Crippen LogP contribution in [0.3, 0.4) is 0 Å². The molecule has 2 N–H and O–H groups in total. The van der Waals surface area contributed by atoms with Crippen LogP contribution >= 0.6 is 15.9 Å². The van der Waals surface area contributed by atoms with Gasteiger partial charge in [0.1, 0.15) is 6.07 Å². The molecule has 0 radical (unpaired) electrons. The van der Waals surface area contributed by atoms with E-state index in [1.807, 2.05) is 30.3 Å². The van der Waals surface area contributed by atoms with Gasteiger partial charge in [0.15, 0.2) is 0 Å². The molecular weight excluding hydrogens is 319 g/mol. The fourth-order valence-electron chi connectivity index (χ4n) is 1.38. The van der Waals surface area contributed by atoms with E-state index >= 15 is 0 Å². The Hall–Kier alpha value is -2.12. The molecule has 0 amide bonds. The molecule has 0 fully saturated rings. The van der Waals surface area contributed by atoms with Crippen molar-refractivity contribution in [3.05, 3.63) is 64.1 Å². The summed E-state index contributed by atoms with van der Waals surface area (Å²) in [5.41, 5.74) is 1.22. The first-order valence-corrected chi connectivity index (χ1v) is 6.39. The van der Waals surface area contributed by atoms with Crippen molar-refractivity contribution in [3.8, 4) is 12.1 Å². The van der Waals surface area contributed by atoms with Gasteiger partial charge in [-0.3, -0.25) is 0 Å². The van der Waals surface area contributed by atoms with Gasteiger partial charge in [0.05, 0.1) is 17.2 Å². The van der Waals surface area contributed by atoms with Gasteiger partial charge in [-0.05, 0) is 39.6 Å². The highest BCUT2D eigenvalue weighted by atomic mass is 79.9. The molecular formula is C14H10BBrN2O2. The topological polar surface area (TPSA) is 88.0 Å².